The van der Waals surface area contributed by atoms with Crippen LogP contribution in [0.3, 0.4) is 0 Å². The number of carbonyl (C=O) groups excluding carboxylic acids is 9. The van der Waals surface area contributed by atoms with E-state index < -0.39 is 71.9 Å². The second kappa shape index (κ2) is 20.5. The summed E-state index contributed by atoms with van der Waals surface area (Å²) in [4.78, 5) is 89.2. The van der Waals surface area contributed by atoms with Gasteiger partial charge in [0.15, 0.2) is 17.3 Å². The topological polar surface area (TPSA) is 254 Å². The van der Waals surface area contributed by atoms with Crippen molar-refractivity contribution in [3.63, 3.8) is 0 Å². The Balaban J connectivity index is -0.0000000960. The minimum Gasteiger partial charge on any atom is -0.542 e. The van der Waals surface area contributed by atoms with Crippen molar-refractivity contribution in [1.29, 1.82) is 0 Å². The molecule has 0 unspecified atom stereocenters. The number of carbonyl (C=O) groups is 9. The third-order valence-corrected chi connectivity index (χ3v) is 1.91. The summed E-state index contributed by atoms with van der Waals surface area (Å²) in [6.45, 7) is 3.42. The van der Waals surface area contributed by atoms with E-state index in [1.807, 2.05) is 0 Å². The molecule has 0 aromatic heterocycles. The standard InChI is InChI=1S/3C5H6O4.Ce.H2O/c3*1-3(6)2-4(7)5(8)9;;/h3*2H2,1H3,(H,8,9);;1H2/q;;;+3;/p-3. The molecule has 13 nitrogen and oxygen atoms in total. The molecule has 0 atom stereocenters. The number of hydrogen-bond donors (Lipinski definition) is 0. The van der Waals surface area contributed by atoms with Crippen LogP contribution in [-0.2, 0) is 43.2 Å². The van der Waals surface area contributed by atoms with Gasteiger partial charge in [0.25, 0.3) is 0 Å². The first-order valence-corrected chi connectivity index (χ1v) is 6.82. The number of carboxylic acids is 3. The van der Waals surface area contributed by atoms with E-state index in [4.69, 9.17) is 0 Å². The molecule has 14 heteroatoms. The minimum atomic E-state index is -1.80. The molecule has 29 heavy (non-hydrogen) atoms. The Morgan fingerprint density at radius 2 is 0.621 bits per heavy atom. The molecule has 0 bridgehead atoms. The third-order valence-electron chi connectivity index (χ3n) is 1.91. The first-order chi connectivity index (χ1) is 12.1. The average molecular weight is 545 g/mol. The molecule has 0 aliphatic heterocycles. The number of hydrogen-bond acceptors (Lipinski definition) is 12. The van der Waals surface area contributed by atoms with Crippen molar-refractivity contribution in [2.75, 3.05) is 0 Å². The quantitative estimate of drug-likeness (QED) is 0.194. The molecule has 1 radical (unpaired) electrons. The summed E-state index contributed by atoms with van der Waals surface area (Å²) in [5.41, 5.74) is 0. The van der Waals surface area contributed by atoms with Crippen LogP contribution in [0.1, 0.15) is 40.0 Å². The van der Waals surface area contributed by atoms with Crippen molar-refractivity contribution in [2.24, 2.45) is 0 Å². The van der Waals surface area contributed by atoms with Crippen molar-refractivity contribution in [2.45, 2.75) is 40.0 Å². The van der Waals surface area contributed by atoms with Crippen LogP contribution in [0.25, 0.3) is 0 Å². The molecular weight excluding hydrogens is 528 g/mol. The predicted octanol–water partition coefficient (Wildman–Crippen LogP) is -5.97. The van der Waals surface area contributed by atoms with E-state index >= 15 is 0 Å². The molecular formula is C15H17CeO13. The summed E-state index contributed by atoms with van der Waals surface area (Å²) in [7, 11) is 0. The number of Topliss-reactive ketones (excluding diaryl/α,β-unsaturated/α-hetero) is 6. The van der Waals surface area contributed by atoms with E-state index in [0.717, 1.165) is 20.8 Å². The monoisotopic (exact) mass is 545 g/mol. The van der Waals surface area contributed by atoms with Gasteiger partial charge < -0.3 is 35.2 Å². The maximum atomic E-state index is 10.1. The molecule has 0 spiro atoms. The summed E-state index contributed by atoms with van der Waals surface area (Å²) >= 11 is 0. The maximum Gasteiger partial charge on any atom is 3.00 e. The number of carboxylic acid groups (broad SMARTS) is 3. The fourth-order valence-electron chi connectivity index (χ4n) is 0.895. The van der Waals surface area contributed by atoms with Gasteiger partial charge in [-0.2, -0.15) is 0 Å². The zero-order valence-corrected chi connectivity index (χ0v) is 18.7. The average Bonchev–Trinajstić information content (AvgIpc) is 2.46. The molecule has 0 aromatic carbocycles. The SMILES string of the molecule is CC(=O)CC(=O)C(=O)[O-].CC(=O)CC(=O)C(=O)[O-].CC(=O)CC(=O)C(=O)[O-].O.[Ce+3]. The second-order valence-electron chi connectivity index (χ2n) is 4.77. The fraction of sp³-hybridized carbons (Fsp3) is 0.400. The van der Waals surface area contributed by atoms with E-state index in [2.05, 4.69) is 0 Å². The molecule has 0 heterocycles. The van der Waals surface area contributed by atoms with Gasteiger partial charge in [0.05, 0.1) is 19.3 Å². The number of ketones is 6. The van der Waals surface area contributed by atoms with Crippen molar-refractivity contribution < 1.29 is 106 Å². The molecule has 0 aliphatic carbocycles. The molecule has 0 amide bonds. The summed E-state index contributed by atoms with van der Waals surface area (Å²) in [5.74, 6) is -10.3. The Bertz CT molecular complexity index is 573. The summed E-state index contributed by atoms with van der Waals surface area (Å²) in [5, 5.41) is 28.9. The van der Waals surface area contributed by atoms with Crippen molar-refractivity contribution in [1.82, 2.24) is 0 Å². The van der Waals surface area contributed by atoms with E-state index in [9.17, 15) is 58.5 Å². The summed E-state index contributed by atoms with van der Waals surface area (Å²) < 4.78 is 0. The molecule has 0 aliphatic rings. The molecule has 0 saturated carbocycles. The molecule has 0 rings (SSSR count). The van der Waals surface area contributed by atoms with Crippen molar-refractivity contribution in [3.8, 4) is 0 Å². The minimum absolute atomic E-state index is 0. The van der Waals surface area contributed by atoms with Crippen LogP contribution in [0.2, 0.25) is 0 Å². The Labute approximate surface area is 197 Å². The van der Waals surface area contributed by atoms with E-state index in [1.54, 1.807) is 0 Å². The van der Waals surface area contributed by atoms with Gasteiger partial charge in [-0.15, -0.1) is 0 Å². The first-order valence-electron chi connectivity index (χ1n) is 6.82. The van der Waals surface area contributed by atoms with E-state index in [-0.39, 0.29) is 47.2 Å². The number of aliphatic carboxylic acids is 3. The molecule has 0 aromatic rings. The van der Waals surface area contributed by atoms with Gasteiger partial charge in [-0.1, -0.05) is 0 Å². The molecule has 0 saturated heterocycles. The van der Waals surface area contributed by atoms with Gasteiger partial charge >= 0.3 is 41.7 Å². The normalized spacial score (nSPS) is 7.97. The van der Waals surface area contributed by atoms with Crippen LogP contribution in [0.5, 0.6) is 0 Å². The number of rotatable bonds is 9. The molecule has 0 fully saturated rings. The van der Waals surface area contributed by atoms with Gasteiger partial charge in [0, 0.05) is 0 Å². The van der Waals surface area contributed by atoms with Crippen LogP contribution in [0.4, 0.5) is 0 Å². The van der Waals surface area contributed by atoms with Gasteiger partial charge in [-0.25, -0.2) is 0 Å². The predicted molar refractivity (Wildman–Crippen MR) is 79.5 cm³/mol. The van der Waals surface area contributed by atoms with Gasteiger partial charge in [0.1, 0.15) is 35.3 Å². The first kappa shape index (κ1) is 37.5. The van der Waals surface area contributed by atoms with Crippen LogP contribution >= 0.6 is 0 Å². The Hall–Kier alpha value is -2.23. The zero-order chi connectivity index (χ0) is 22.3. The van der Waals surface area contributed by atoms with Gasteiger partial charge in [-0.3, -0.25) is 28.8 Å². The van der Waals surface area contributed by atoms with Crippen LogP contribution in [-0.4, -0.2) is 58.1 Å². The van der Waals surface area contributed by atoms with E-state index in [0.29, 0.717) is 0 Å². The van der Waals surface area contributed by atoms with Crippen LogP contribution in [0.15, 0.2) is 0 Å². The van der Waals surface area contributed by atoms with Crippen LogP contribution < -0.4 is 15.3 Å². The maximum absolute atomic E-state index is 10.1. The van der Waals surface area contributed by atoms with Crippen LogP contribution in [0, 0.1) is 41.7 Å². The largest absolute Gasteiger partial charge is 3.00 e. The second-order valence-corrected chi connectivity index (χ2v) is 4.77. The van der Waals surface area contributed by atoms with Crippen molar-refractivity contribution in [3.05, 3.63) is 0 Å². The van der Waals surface area contributed by atoms with E-state index in [1.165, 1.54) is 0 Å². The Morgan fingerprint density at radius 1 is 0.483 bits per heavy atom. The Morgan fingerprint density at radius 3 is 0.655 bits per heavy atom. The van der Waals surface area contributed by atoms with Gasteiger partial charge in [0.2, 0.25) is 0 Å². The van der Waals surface area contributed by atoms with Gasteiger partial charge in [-0.05, 0) is 20.8 Å². The zero-order valence-electron chi connectivity index (χ0n) is 15.5. The smallest absolute Gasteiger partial charge is 0.542 e. The summed E-state index contributed by atoms with van der Waals surface area (Å²) in [6.07, 6.45) is -1.70. The summed E-state index contributed by atoms with van der Waals surface area (Å²) in [6, 6.07) is 0. The fourth-order valence-corrected chi connectivity index (χ4v) is 0.895. The Kier molecular flexibility index (Phi) is 26.5. The third kappa shape index (κ3) is 30.7. The molecule has 2 N–H and O–H groups in total. The van der Waals surface area contributed by atoms with Crippen molar-refractivity contribution >= 4 is 52.6 Å². The molecule has 159 valence electrons.